The third-order valence-electron chi connectivity index (χ3n) is 13.7. The lowest BCUT2D eigenvalue weighted by atomic mass is 9.83. The Morgan fingerprint density at radius 3 is 2.21 bits per heavy atom. The summed E-state index contributed by atoms with van der Waals surface area (Å²) in [6.07, 6.45) is 6.37. The fourth-order valence-corrected chi connectivity index (χ4v) is 9.70. The second-order valence-electron chi connectivity index (χ2n) is 18.5. The number of carbonyl (C=O) groups is 3. The van der Waals surface area contributed by atoms with Gasteiger partial charge >= 0.3 is 5.97 Å². The maximum absolute atomic E-state index is 13.9. The summed E-state index contributed by atoms with van der Waals surface area (Å²) in [7, 11) is 0. The quantitative estimate of drug-likeness (QED) is 0.0497. The van der Waals surface area contributed by atoms with Gasteiger partial charge < -0.3 is 35.1 Å². The topological polar surface area (TPSA) is 178 Å². The van der Waals surface area contributed by atoms with Crippen LogP contribution in [0.1, 0.15) is 102 Å². The molecule has 0 radical (unpaired) electrons. The second-order valence-corrected chi connectivity index (χ2v) is 18.5. The maximum Gasteiger partial charge on any atom is 0.347 e. The van der Waals surface area contributed by atoms with Crippen LogP contribution in [0.4, 0.5) is 0 Å². The number of likely N-dealkylation sites (tertiary alicyclic amines) is 1. The Labute approximate surface area is 397 Å². The molecule has 0 unspecified atom stereocenters. The van der Waals surface area contributed by atoms with Crippen LogP contribution >= 0.6 is 0 Å². The largest absolute Gasteiger partial charge is 0.506 e. The molecule has 8 rings (SSSR count). The molecule has 1 saturated heterocycles. The minimum atomic E-state index is -2.08. The molecule has 5 N–H and O–H groups in total. The smallest absolute Gasteiger partial charge is 0.347 e. The monoisotopic (exact) mass is 919 g/mol. The van der Waals surface area contributed by atoms with Crippen molar-refractivity contribution in [1.82, 2.24) is 15.2 Å². The van der Waals surface area contributed by atoms with Crippen LogP contribution in [-0.2, 0) is 32.9 Å². The van der Waals surface area contributed by atoms with Gasteiger partial charge in [-0.25, -0.2) is 4.79 Å². The number of piperidine rings is 1. The fourth-order valence-electron chi connectivity index (χ4n) is 9.70. The van der Waals surface area contributed by atoms with E-state index < -0.39 is 17.7 Å². The number of aromatic nitrogens is 1. The summed E-state index contributed by atoms with van der Waals surface area (Å²) in [5.74, 6) is -0.253. The number of fused-ring (bicyclic) bond motifs is 1. The highest BCUT2D eigenvalue weighted by Gasteiger charge is 2.42. The number of aryl methyl sites for hydroxylation is 1. The van der Waals surface area contributed by atoms with Gasteiger partial charge in [0, 0.05) is 41.6 Å². The number of aromatic hydroxyl groups is 1. The zero-order chi connectivity index (χ0) is 47.5. The summed E-state index contributed by atoms with van der Waals surface area (Å²) >= 11 is 0. The number of ketones is 1. The number of amides is 1. The van der Waals surface area contributed by atoms with Crippen molar-refractivity contribution < 1.29 is 39.2 Å². The van der Waals surface area contributed by atoms with Crippen molar-refractivity contribution in [3.05, 3.63) is 177 Å². The summed E-state index contributed by atoms with van der Waals surface area (Å²) < 4.78 is 11.9. The Morgan fingerprint density at radius 1 is 0.765 bits per heavy atom. The van der Waals surface area contributed by atoms with E-state index in [2.05, 4.69) is 39.5 Å². The van der Waals surface area contributed by atoms with Crippen molar-refractivity contribution in [2.75, 3.05) is 26.3 Å². The van der Waals surface area contributed by atoms with Crippen LogP contribution < -0.4 is 15.6 Å². The molecule has 1 saturated carbocycles. The minimum Gasteiger partial charge on any atom is -0.506 e. The summed E-state index contributed by atoms with van der Waals surface area (Å²) in [5, 5.41) is 37.1. The number of hydrogen-bond donors (Lipinski definition) is 5. The van der Waals surface area contributed by atoms with Crippen LogP contribution in [0.25, 0.3) is 10.9 Å². The van der Waals surface area contributed by atoms with Crippen LogP contribution in [0.5, 0.6) is 11.5 Å². The number of ether oxygens (including phenoxy) is 2. The van der Waals surface area contributed by atoms with Gasteiger partial charge in [-0.3, -0.25) is 19.3 Å². The molecular weight excluding hydrogens is 859 g/mol. The average Bonchev–Trinajstić information content (AvgIpc) is 3.37. The van der Waals surface area contributed by atoms with Crippen molar-refractivity contribution >= 4 is 28.6 Å². The van der Waals surface area contributed by atoms with Gasteiger partial charge in [0.1, 0.15) is 18.1 Å². The van der Waals surface area contributed by atoms with Gasteiger partial charge in [-0.1, -0.05) is 91.0 Å². The van der Waals surface area contributed by atoms with Crippen LogP contribution in [0.2, 0.25) is 0 Å². The molecule has 0 spiro atoms. The highest BCUT2D eigenvalue weighted by Crippen LogP contribution is 2.35. The van der Waals surface area contributed by atoms with Gasteiger partial charge in [-0.05, 0) is 141 Å². The molecule has 1 aliphatic carbocycles. The van der Waals surface area contributed by atoms with Crippen LogP contribution in [0.15, 0.2) is 138 Å². The number of hydrogen-bond acceptors (Lipinski definition) is 10. The lowest BCUT2D eigenvalue weighted by Gasteiger charge is -2.33. The van der Waals surface area contributed by atoms with Gasteiger partial charge in [-0.15, -0.1) is 0 Å². The molecule has 12 heteroatoms. The lowest BCUT2D eigenvalue weighted by Crippen LogP contribution is -2.40. The van der Waals surface area contributed by atoms with E-state index in [-0.39, 0.29) is 54.1 Å². The first-order chi connectivity index (χ1) is 33.0. The van der Waals surface area contributed by atoms with Gasteiger partial charge in [-0.2, -0.15) is 0 Å². The number of rotatable bonds is 19. The lowest BCUT2D eigenvalue weighted by molar-refractivity contribution is -0.164. The van der Waals surface area contributed by atoms with E-state index >= 15 is 0 Å². The standard InChI is InChI=1S/C56H61N3O9/c60-46(33-39-19-23-45(24-20-39)57-54(64)42-21-17-38(18-22-42)11-7-16-50(61)48-25-27-51(62)53-49(48)26-28-52(63)58-53)37-67-47-15-8-14-44(34-47)56(66,43-12-5-2-6-13-43)55(65)68-36-41-29-31-59(32-30-41)35-40-9-3-1-4-10-40/h1-6,8-10,12-15,17-18,21-22,25-28,34,39,41,45,50,61-62,66H,7,11,16,19-20,23-24,29-33,35-37H2,(H,57,64)(H,58,63)/t39?,45?,50-,56-/m0/s1. The van der Waals surface area contributed by atoms with E-state index in [4.69, 9.17) is 9.47 Å². The predicted molar refractivity (Wildman–Crippen MR) is 260 cm³/mol. The van der Waals surface area contributed by atoms with Crippen molar-refractivity contribution in [3.8, 4) is 11.5 Å². The molecule has 0 bridgehead atoms. The first kappa shape index (κ1) is 47.9. The Hall–Kier alpha value is -6.60. The fraction of sp³-hybridized carbons (Fsp3) is 0.357. The Bertz CT molecular complexity index is 2690. The van der Waals surface area contributed by atoms with Crippen molar-refractivity contribution in [2.24, 2.45) is 11.8 Å². The number of H-pyrrole nitrogens is 1. The maximum atomic E-state index is 13.9. The van der Waals surface area contributed by atoms with Crippen molar-refractivity contribution in [2.45, 2.75) is 88.5 Å². The number of nitrogens with zero attached hydrogens (tertiary/aromatic N) is 1. The van der Waals surface area contributed by atoms with E-state index in [1.165, 1.54) is 17.7 Å². The molecule has 354 valence electrons. The number of phenols is 1. The number of aromatic amines is 1. The van der Waals surface area contributed by atoms with E-state index in [0.717, 1.165) is 63.7 Å². The molecule has 2 atom stereocenters. The summed E-state index contributed by atoms with van der Waals surface area (Å²) in [6.45, 7) is 2.77. The molecule has 68 heavy (non-hydrogen) atoms. The molecule has 6 aromatic rings. The zero-order valence-electron chi connectivity index (χ0n) is 38.4. The molecule has 1 aliphatic heterocycles. The number of aliphatic hydroxyl groups excluding tert-OH is 1. The first-order valence-corrected chi connectivity index (χ1v) is 23.9. The number of benzene rings is 5. The second kappa shape index (κ2) is 22.5. The first-order valence-electron chi connectivity index (χ1n) is 23.9. The van der Waals surface area contributed by atoms with Gasteiger partial charge in [0.2, 0.25) is 11.2 Å². The Morgan fingerprint density at radius 2 is 1.47 bits per heavy atom. The highest BCUT2D eigenvalue weighted by atomic mass is 16.5. The molecule has 1 aromatic heterocycles. The molecule has 1 amide bonds. The van der Waals surface area contributed by atoms with Crippen molar-refractivity contribution in [3.63, 3.8) is 0 Å². The number of nitrogens with one attached hydrogen (secondary N) is 2. The number of carbonyl (C=O) groups excluding carboxylic acids is 3. The molecule has 12 nitrogen and oxygen atoms in total. The molecule has 2 fully saturated rings. The number of phenolic OH excluding ortho intramolecular Hbond substituents is 1. The highest BCUT2D eigenvalue weighted by molar-refractivity contribution is 5.94. The van der Waals surface area contributed by atoms with Gasteiger partial charge in [0.25, 0.3) is 5.91 Å². The normalized spacial score (nSPS) is 18.0. The summed E-state index contributed by atoms with van der Waals surface area (Å²) in [5.41, 5.74) is 2.10. The van der Waals surface area contributed by atoms with E-state index in [1.807, 2.05) is 36.4 Å². The van der Waals surface area contributed by atoms with E-state index in [9.17, 15) is 34.5 Å². The van der Waals surface area contributed by atoms with Crippen LogP contribution in [0.3, 0.4) is 0 Å². The molecular formula is C56H61N3O9. The number of aliphatic hydroxyl groups is 2. The van der Waals surface area contributed by atoms with Crippen LogP contribution in [0, 0.1) is 11.8 Å². The molecule has 5 aromatic carbocycles. The molecule has 2 aliphatic rings. The van der Waals surface area contributed by atoms with Crippen LogP contribution in [-0.4, -0.2) is 75.2 Å². The molecule has 2 heterocycles. The predicted octanol–water partition coefficient (Wildman–Crippen LogP) is 8.31. The third-order valence-corrected chi connectivity index (χ3v) is 13.7. The Kier molecular flexibility index (Phi) is 15.8. The minimum absolute atomic E-state index is 0.0100. The summed E-state index contributed by atoms with van der Waals surface area (Å²) in [4.78, 5) is 57.1. The van der Waals surface area contributed by atoms with Crippen molar-refractivity contribution in [1.29, 1.82) is 0 Å². The summed E-state index contributed by atoms with van der Waals surface area (Å²) in [6, 6.07) is 39.5. The van der Waals surface area contributed by atoms with Gasteiger partial charge in [0.05, 0.1) is 18.2 Å². The van der Waals surface area contributed by atoms with E-state index in [0.29, 0.717) is 64.6 Å². The van der Waals surface area contributed by atoms with E-state index in [1.54, 1.807) is 60.7 Å². The third kappa shape index (κ3) is 12.1. The number of Topliss-reactive ketones (excluding diaryl/α,β-unsaturated/α-hetero) is 1. The number of pyridine rings is 1. The Balaban J connectivity index is 0.761. The van der Waals surface area contributed by atoms with Gasteiger partial charge in [0.15, 0.2) is 5.78 Å². The average molecular weight is 920 g/mol. The SMILES string of the molecule is O=C(COc1cccc([C@](O)(C(=O)OCC2CCN(Cc3ccccc3)CC2)c2ccccc2)c1)CC1CCC(NC(=O)c2ccc(CCC[C@H](O)c3ccc(O)c4[nH]c(=O)ccc34)cc2)CC1. The zero-order valence-corrected chi connectivity index (χ0v) is 38.4. The number of esters is 1.